The normalized spacial score (nSPS) is 23.4. The van der Waals surface area contributed by atoms with Gasteiger partial charge in [0.05, 0.1) is 12.6 Å². The van der Waals surface area contributed by atoms with Gasteiger partial charge in [0, 0.05) is 6.61 Å². The van der Waals surface area contributed by atoms with Crippen molar-refractivity contribution in [3.8, 4) is 0 Å². The lowest BCUT2D eigenvalue weighted by Gasteiger charge is -2.30. The zero-order chi connectivity index (χ0) is 13.7. The number of nitro groups is 1. The van der Waals surface area contributed by atoms with Crippen LogP contribution in [0.5, 0.6) is 0 Å². The Balaban J connectivity index is 1.77. The van der Waals surface area contributed by atoms with Crippen LogP contribution in [0.4, 0.5) is 5.88 Å². The van der Waals surface area contributed by atoms with Gasteiger partial charge >= 0.3 is 5.88 Å². The van der Waals surface area contributed by atoms with Gasteiger partial charge in [0.15, 0.2) is 0 Å². The van der Waals surface area contributed by atoms with Gasteiger partial charge < -0.3 is 14.8 Å². The number of aliphatic hydroxyl groups excluding tert-OH is 1. The molecule has 1 aliphatic rings. The van der Waals surface area contributed by atoms with E-state index in [9.17, 15) is 15.2 Å². The summed E-state index contributed by atoms with van der Waals surface area (Å²) >= 11 is 0. The molecular weight excluding hydrogens is 248 g/mol. The minimum Gasteiger partial charge on any atom is -0.404 e. The van der Waals surface area contributed by atoms with Crippen LogP contribution in [0.3, 0.4) is 0 Å². The predicted molar refractivity (Wildman–Crippen MR) is 69.6 cm³/mol. The van der Waals surface area contributed by atoms with Gasteiger partial charge in [-0.2, -0.15) is 0 Å². The summed E-state index contributed by atoms with van der Waals surface area (Å²) in [5.41, 5.74) is 0. The molecule has 6 nitrogen and oxygen atoms in total. The van der Waals surface area contributed by atoms with Gasteiger partial charge in [0.1, 0.15) is 10.7 Å². The number of nitrogens with one attached hydrogen (secondary N) is 1. The first-order valence-electron chi connectivity index (χ1n) is 6.75. The van der Waals surface area contributed by atoms with Crippen molar-refractivity contribution in [3.63, 3.8) is 0 Å². The van der Waals surface area contributed by atoms with Crippen molar-refractivity contribution in [1.82, 2.24) is 5.32 Å². The van der Waals surface area contributed by atoms with Crippen LogP contribution in [-0.4, -0.2) is 23.2 Å². The van der Waals surface area contributed by atoms with Gasteiger partial charge in [0.2, 0.25) is 0 Å². The van der Waals surface area contributed by atoms with Gasteiger partial charge in [-0.1, -0.05) is 12.8 Å². The lowest BCUT2D eigenvalue weighted by molar-refractivity contribution is -0.402. The third kappa shape index (κ3) is 3.78. The van der Waals surface area contributed by atoms with E-state index in [2.05, 4.69) is 5.32 Å². The highest BCUT2D eigenvalue weighted by Gasteiger charge is 2.24. The molecule has 2 atom stereocenters. The highest BCUT2D eigenvalue weighted by atomic mass is 16.6. The van der Waals surface area contributed by atoms with E-state index < -0.39 is 4.92 Å². The lowest BCUT2D eigenvalue weighted by atomic mass is 9.79. The second-order valence-corrected chi connectivity index (χ2v) is 5.12. The van der Waals surface area contributed by atoms with Crippen LogP contribution >= 0.6 is 0 Å². The van der Waals surface area contributed by atoms with E-state index in [0.29, 0.717) is 24.1 Å². The minimum atomic E-state index is -0.535. The topological polar surface area (TPSA) is 88.5 Å². The molecule has 1 aliphatic carbocycles. The zero-order valence-corrected chi connectivity index (χ0v) is 10.9. The monoisotopic (exact) mass is 268 g/mol. The number of hydrogen-bond acceptors (Lipinski definition) is 5. The first kappa shape index (κ1) is 14.0. The molecule has 1 fully saturated rings. The molecule has 106 valence electrons. The van der Waals surface area contributed by atoms with Crippen molar-refractivity contribution in [2.45, 2.75) is 32.2 Å². The fourth-order valence-corrected chi connectivity index (χ4v) is 2.73. The van der Waals surface area contributed by atoms with E-state index in [-0.39, 0.29) is 12.5 Å². The summed E-state index contributed by atoms with van der Waals surface area (Å²) in [6.07, 6.45) is 4.65. The van der Waals surface area contributed by atoms with Crippen molar-refractivity contribution in [3.05, 3.63) is 28.0 Å². The lowest BCUT2D eigenvalue weighted by Crippen LogP contribution is -2.32. The summed E-state index contributed by atoms with van der Waals surface area (Å²) in [7, 11) is 0. The summed E-state index contributed by atoms with van der Waals surface area (Å²) < 4.78 is 5.08. The van der Waals surface area contributed by atoms with E-state index in [0.717, 1.165) is 19.4 Å². The third-order valence-corrected chi connectivity index (χ3v) is 3.83. The maximum atomic E-state index is 10.5. The molecule has 0 radical (unpaired) electrons. The standard InChI is InChI=1S/C13H20N2O4/c16-9-11-4-2-1-3-10(11)7-14-8-12-5-6-13(19-12)15(17)18/h5-6,10-11,14,16H,1-4,7-9H2. The Labute approximate surface area is 112 Å². The Morgan fingerprint density at radius 3 is 2.74 bits per heavy atom. The Kier molecular flexibility index (Phi) is 4.93. The number of hydrogen-bond donors (Lipinski definition) is 2. The zero-order valence-electron chi connectivity index (χ0n) is 10.9. The van der Waals surface area contributed by atoms with E-state index in [1.807, 2.05) is 0 Å². The molecule has 1 heterocycles. The summed E-state index contributed by atoms with van der Waals surface area (Å²) in [5, 5.41) is 23.1. The van der Waals surface area contributed by atoms with E-state index in [1.54, 1.807) is 6.07 Å². The summed E-state index contributed by atoms with van der Waals surface area (Å²) in [6, 6.07) is 2.99. The molecule has 1 saturated carbocycles. The highest BCUT2D eigenvalue weighted by Crippen LogP contribution is 2.29. The van der Waals surface area contributed by atoms with Crippen LogP contribution in [0, 0.1) is 22.0 Å². The molecule has 0 saturated heterocycles. The Morgan fingerprint density at radius 2 is 2.11 bits per heavy atom. The first-order chi connectivity index (χ1) is 9.20. The van der Waals surface area contributed by atoms with Gasteiger partial charge in [0.25, 0.3) is 0 Å². The number of aliphatic hydroxyl groups is 1. The third-order valence-electron chi connectivity index (χ3n) is 3.83. The van der Waals surface area contributed by atoms with E-state index in [4.69, 9.17) is 4.42 Å². The van der Waals surface area contributed by atoms with Crippen molar-refractivity contribution in [1.29, 1.82) is 0 Å². The average molecular weight is 268 g/mol. The van der Waals surface area contributed by atoms with Gasteiger partial charge in [-0.15, -0.1) is 0 Å². The second-order valence-electron chi connectivity index (χ2n) is 5.12. The van der Waals surface area contributed by atoms with Crippen LogP contribution in [-0.2, 0) is 6.54 Å². The van der Waals surface area contributed by atoms with Gasteiger partial charge in [-0.25, -0.2) is 0 Å². The molecule has 1 aromatic rings. The fraction of sp³-hybridized carbons (Fsp3) is 0.692. The molecular formula is C13H20N2O4. The van der Waals surface area contributed by atoms with E-state index in [1.165, 1.54) is 18.9 Å². The molecule has 2 unspecified atom stereocenters. The van der Waals surface area contributed by atoms with Crippen LogP contribution in [0.2, 0.25) is 0 Å². The molecule has 2 rings (SSSR count). The highest BCUT2D eigenvalue weighted by molar-refractivity contribution is 5.17. The van der Waals surface area contributed by atoms with Crippen LogP contribution in [0.1, 0.15) is 31.4 Å². The molecule has 0 amide bonds. The van der Waals surface area contributed by atoms with Crippen molar-refractivity contribution in [2.24, 2.45) is 11.8 Å². The Morgan fingerprint density at radius 1 is 1.37 bits per heavy atom. The Hall–Kier alpha value is -1.40. The molecule has 2 N–H and O–H groups in total. The molecule has 19 heavy (non-hydrogen) atoms. The van der Waals surface area contributed by atoms with E-state index >= 15 is 0 Å². The minimum absolute atomic E-state index is 0.220. The van der Waals surface area contributed by atoms with Gasteiger partial charge in [-0.05, 0) is 37.3 Å². The van der Waals surface area contributed by atoms with Crippen molar-refractivity contribution in [2.75, 3.05) is 13.2 Å². The summed E-state index contributed by atoms with van der Waals surface area (Å²) in [5.74, 6) is 1.22. The van der Waals surface area contributed by atoms with Gasteiger partial charge in [-0.3, -0.25) is 10.1 Å². The number of rotatable bonds is 6. The van der Waals surface area contributed by atoms with Crippen LogP contribution < -0.4 is 5.32 Å². The Bertz CT molecular complexity index is 419. The van der Waals surface area contributed by atoms with Crippen molar-refractivity contribution < 1.29 is 14.4 Å². The molecule has 0 spiro atoms. The maximum absolute atomic E-state index is 10.5. The summed E-state index contributed by atoms with van der Waals surface area (Å²) in [6.45, 7) is 1.56. The van der Waals surface area contributed by atoms with Crippen molar-refractivity contribution >= 4 is 5.88 Å². The van der Waals surface area contributed by atoms with Crippen LogP contribution in [0.15, 0.2) is 16.5 Å². The van der Waals surface area contributed by atoms with Crippen LogP contribution in [0.25, 0.3) is 0 Å². The molecule has 0 aliphatic heterocycles. The SMILES string of the molecule is O=[N+]([O-])c1ccc(CNCC2CCCCC2CO)o1. The number of furan rings is 1. The fourth-order valence-electron chi connectivity index (χ4n) is 2.73. The quantitative estimate of drug-likeness (QED) is 0.609. The smallest absolute Gasteiger partial charge is 0.404 e. The second kappa shape index (κ2) is 6.68. The first-order valence-corrected chi connectivity index (χ1v) is 6.75. The molecule has 1 aromatic heterocycles. The summed E-state index contributed by atoms with van der Waals surface area (Å²) in [4.78, 5) is 9.95. The number of nitrogens with zero attached hydrogens (tertiary/aromatic N) is 1. The predicted octanol–water partition coefficient (Wildman–Crippen LogP) is 2.08. The molecule has 0 bridgehead atoms. The average Bonchev–Trinajstić information content (AvgIpc) is 2.88. The largest absolute Gasteiger partial charge is 0.433 e. The molecule has 0 aromatic carbocycles. The molecule has 6 heteroatoms. The maximum Gasteiger partial charge on any atom is 0.433 e.